The fourth-order valence-corrected chi connectivity index (χ4v) is 3.13. The zero-order valence-electron chi connectivity index (χ0n) is 18.6. The second-order valence-electron chi connectivity index (χ2n) is 7.62. The minimum absolute atomic E-state index is 0.131. The van der Waals surface area contributed by atoms with Gasteiger partial charge in [-0.3, -0.25) is 14.3 Å². The van der Waals surface area contributed by atoms with Crippen LogP contribution in [0.2, 0.25) is 0 Å². The average molecular weight is 458 g/mol. The summed E-state index contributed by atoms with van der Waals surface area (Å²) in [4.78, 5) is 47.3. The van der Waals surface area contributed by atoms with Gasteiger partial charge in [0.15, 0.2) is 0 Å². The molecule has 0 aliphatic heterocycles. The van der Waals surface area contributed by atoms with Crippen molar-refractivity contribution < 1.29 is 9.53 Å². The molecule has 10 nitrogen and oxygen atoms in total. The molecule has 3 N–H and O–H groups in total. The highest BCUT2D eigenvalue weighted by atomic mass is 16.5. The third-order valence-corrected chi connectivity index (χ3v) is 5.07. The Kier molecular flexibility index (Phi) is 6.22. The topological polar surface area (TPSA) is 137 Å². The van der Waals surface area contributed by atoms with Crippen LogP contribution in [0.25, 0.3) is 0 Å². The van der Waals surface area contributed by atoms with Gasteiger partial charge in [-0.25, -0.2) is 24.1 Å². The second kappa shape index (κ2) is 9.41. The van der Waals surface area contributed by atoms with E-state index in [2.05, 4.69) is 15.0 Å². The number of ether oxygens (including phenoxy) is 1. The van der Waals surface area contributed by atoms with Gasteiger partial charge in [-0.05, 0) is 42.8 Å². The minimum atomic E-state index is -0.571. The quantitative estimate of drug-likeness (QED) is 0.453. The van der Waals surface area contributed by atoms with Crippen LogP contribution in [0, 0.1) is 6.92 Å². The minimum Gasteiger partial charge on any atom is -0.439 e. The SMILES string of the molecule is Cc1ccc(Cn2c(=O)n(C)c(=O)[nH]/c2=N\c2ccc(Oc3ccc(C(N)=O)cn3)cc2)cc1. The molecular formula is C24H22N6O4. The number of nitrogens with one attached hydrogen (secondary N) is 1. The van der Waals surface area contributed by atoms with Gasteiger partial charge < -0.3 is 10.5 Å². The lowest BCUT2D eigenvalue weighted by Gasteiger charge is -2.09. The standard InChI is InChI=1S/C24H22N6O4/c1-15-3-5-16(6-4-15)14-30-22(28-23(32)29(2)24(30)33)27-18-8-10-19(11-9-18)34-20-12-7-17(13-26-20)21(25)31/h3-13H,14H2,1-2H3,(H2,25,31)(H,27,28,32). The van der Waals surface area contributed by atoms with Crippen molar-refractivity contribution in [3.8, 4) is 11.6 Å². The van der Waals surface area contributed by atoms with Gasteiger partial charge in [0, 0.05) is 19.3 Å². The average Bonchev–Trinajstić information content (AvgIpc) is 2.83. The van der Waals surface area contributed by atoms with E-state index in [0.717, 1.165) is 15.7 Å². The summed E-state index contributed by atoms with van der Waals surface area (Å²) in [6.45, 7) is 2.23. The fourth-order valence-electron chi connectivity index (χ4n) is 3.13. The van der Waals surface area contributed by atoms with E-state index < -0.39 is 17.3 Å². The van der Waals surface area contributed by atoms with E-state index in [4.69, 9.17) is 10.5 Å². The summed E-state index contributed by atoms with van der Waals surface area (Å²) < 4.78 is 8.07. The zero-order chi connectivity index (χ0) is 24.2. The number of aromatic amines is 1. The fraction of sp³-hybridized carbons (Fsp3) is 0.125. The summed E-state index contributed by atoms with van der Waals surface area (Å²) in [6, 6.07) is 17.5. The van der Waals surface area contributed by atoms with Crippen molar-refractivity contribution in [3.05, 3.63) is 110 Å². The van der Waals surface area contributed by atoms with E-state index in [9.17, 15) is 14.4 Å². The number of aryl methyl sites for hydroxylation is 1. The number of primary amides is 1. The number of hydrogen-bond acceptors (Lipinski definition) is 6. The molecule has 0 saturated heterocycles. The van der Waals surface area contributed by atoms with E-state index >= 15 is 0 Å². The van der Waals surface area contributed by atoms with E-state index in [0.29, 0.717) is 17.3 Å². The van der Waals surface area contributed by atoms with Crippen LogP contribution in [0.15, 0.2) is 81.4 Å². The highest BCUT2D eigenvalue weighted by Crippen LogP contribution is 2.22. The molecule has 0 spiro atoms. The second-order valence-corrected chi connectivity index (χ2v) is 7.62. The molecule has 0 unspecified atom stereocenters. The number of nitrogens with zero attached hydrogens (tertiary/aromatic N) is 4. The van der Waals surface area contributed by atoms with Gasteiger partial charge in [0.2, 0.25) is 17.4 Å². The van der Waals surface area contributed by atoms with E-state index in [-0.39, 0.29) is 17.7 Å². The van der Waals surface area contributed by atoms with Crippen molar-refractivity contribution in [2.45, 2.75) is 13.5 Å². The lowest BCUT2D eigenvalue weighted by Crippen LogP contribution is -2.48. The van der Waals surface area contributed by atoms with Crippen LogP contribution in [-0.4, -0.2) is 25.0 Å². The van der Waals surface area contributed by atoms with Crippen LogP contribution in [-0.2, 0) is 13.6 Å². The van der Waals surface area contributed by atoms with Crippen molar-refractivity contribution in [2.24, 2.45) is 17.8 Å². The lowest BCUT2D eigenvalue weighted by molar-refractivity contribution is 0.1000. The van der Waals surface area contributed by atoms with Crippen molar-refractivity contribution in [1.29, 1.82) is 0 Å². The molecule has 2 heterocycles. The van der Waals surface area contributed by atoms with Gasteiger partial charge >= 0.3 is 11.4 Å². The van der Waals surface area contributed by atoms with Crippen molar-refractivity contribution in [1.82, 2.24) is 19.1 Å². The number of amides is 1. The first-order chi connectivity index (χ1) is 16.3. The molecule has 0 atom stereocenters. The lowest BCUT2D eigenvalue weighted by atomic mass is 10.1. The molecule has 1 amide bonds. The summed E-state index contributed by atoms with van der Waals surface area (Å²) >= 11 is 0. The number of rotatable bonds is 6. The highest BCUT2D eigenvalue weighted by Gasteiger charge is 2.08. The number of H-pyrrole nitrogens is 1. The molecule has 2 aromatic heterocycles. The number of pyridine rings is 1. The van der Waals surface area contributed by atoms with Gasteiger partial charge in [-0.1, -0.05) is 29.8 Å². The molecule has 0 radical (unpaired) electrons. The molecule has 4 rings (SSSR count). The number of carbonyl (C=O) groups excluding carboxylic acids is 1. The molecule has 0 fully saturated rings. The molecular weight excluding hydrogens is 436 g/mol. The summed E-state index contributed by atoms with van der Waals surface area (Å²) in [7, 11) is 1.41. The van der Waals surface area contributed by atoms with Crippen molar-refractivity contribution in [3.63, 3.8) is 0 Å². The Labute approximate surface area is 193 Å². The maximum absolute atomic E-state index is 12.8. The van der Waals surface area contributed by atoms with E-state index in [1.165, 1.54) is 29.9 Å². The summed E-state index contributed by atoms with van der Waals surface area (Å²) in [5.41, 5.74) is 7.09. The number of hydrogen-bond donors (Lipinski definition) is 2. The van der Waals surface area contributed by atoms with Gasteiger partial charge in [0.05, 0.1) is 17.8 Å². The normalized spacial score (nSPS) is 11.4. The first-order valence-corrected chi connectivity index (χ1v) is 10.3. The Morgan fingerprint density at radius 2 is 1.76 bits per heavy atom. The maximum Gasteiger partial charge on any atom is 0.335 e. The largest absolute Gasteiger partial charge is 0.439 e. The van der Waals surface area contributed by atoms with E-state index in [1.807, 2.05) is 31.2 Å². The predicted octanol–water partition coefficient (Wildman–Crippen LogP) is 1.75. The molecule has 172 valence electrons. The van der Waals surface area contributed by atoms with Crippen molar-refractivity contribution >= 4 is 11.6 Å². The Bertz CT molecular complexity index is 1510. The Morgan fingerprint density at radius 3 is 2.38 bits per heavy atom. The van der Waals surface area contributed by atoms with Gasteiger partial charge in [0.1, 0.15) is 5.75 Å². The molecule has 0 aliphatic carbocycles. The summed E-state index contributed by atoms with van der Waals surface area (Å²) in [6.07, 6.45) is 1.33. The smallest absolute Gasteiger partial charge is 0.335 e. The highest BCUT2D eigenvalue weighted by molar-refractivity contribution is 5.92. The first kappa shape index (κ1) is 22.5. The molecule has 10 heteroatoms. The third-order valence-electron chi connectivity index (χ3n) is 5.07. The molecule has 0 aliphatic rings. The Balaban J connectivity index is 1.64. The van der Waals surface area contributed by atoms with Crippen LogP contribution in [0.3, 0.4) is 0 Å². The summed E-state index contributed by atoms with van der Waals surface area (Å²) in [5, 5.41) is 0. The van der Waals surface area contributed by atoms with Crippen LogP contribution < -0.4 is 27.5 Å². The Morgan fingerprint density at radius 1 is 1.06 bits per heavy atom. The van der Waals surface area contributed by atoms with Crippen LogP contribution in [0.1, 0.15) is 21.5 Å². The number of aromatic nitrogens is 4. The molecule has 34 heavy (non-hydrogen) atoms. The van der Waals surface area contributed by atoms with Crippen LogP contribution in [0.4, 0.5) is 5.69 Å². The van der Waals surface area contributed by atoms with Crippen molar-refractivity contribution in [2.75, 3.05) is 0 Å². The van der Waals surface area contributed by atoms with E-state index in [1.54, 1.807) is 24.3 Å². The monoisotopic (exact) mass is 458 g/mol. The molecule has 0 saturated carbocycles. The van der Waals surface area contributed by atoms with Gasteiger partial charge in [0.25, 0.3) is 0 Å². The third kappa shape index (κ3) is 5.01. The molecule has 2 aromatic carbocycles. The predicted molar refractivity (Wildman–Crippen MR) is 125 cm³/mol. The van der Waals surface area contributed by atoms with Gasteiger partial charge in [-0.2, -0.15) is 0 Å². The molecule has 4 aromatic rings. The molecule has 0 bridgehead atoms. The number of carbonyl (C=O) groups is 1. The number of nitrogens with two attached hydrogens (primary N) is 1. The first-order valence-electron chi connectivity index (χ1n) is 10.3. The van der Waals surface area contributed by atoms with Gasteiger partial charge in [-0.15, -0.1) is 0 Å². The Hall–Kier alpha value is -4.73. The zero-order valence-corrected chi connectivity index (χ0v) is 18.6. The van der Waals surface area contributed by atoms with Crippen LogP contribution in [0.5, 0.6) is 11.6 Å². The summed E-state index contributed by atoms with van der Waals surface area (Å²) in [5.74, 6) is 0.211. The maximum atomic E-state index is 12.8. The number of benzene rings is 2. The van der Waals surface area contributed by atoms with Crippen LogP contribution >= 0.6 is 0 Å².